The minimum absolute atomic E-state index is 0.0629. The number of rotatable bonds is 6. The number of hydrogen-bond donors (Lipinski definition) is 3. The fraction of sp³-hybridized carbons (Fsp3) is 0.643. The lowest BCUT2D eigenvalue weighted by Crippen LogP contribution is -2.43. The van der Waals surface area contributed by atoms with Gasteiger partial charge in [-0.2, -0.15) is 11.8 Å². The number of thioether (sulfide) groups is 1. The van der Waals surface area contributed by atoms with Crippen LogP contribution in [0.3, 0.4) is 0 Å². The van der Waals surface area contributed by atoms with Gasteiger partial charge in [0.15, 0.2) is 5.96 Å². The fourth-order valence-electron chi connectivity index (χ4n) is 2.19. The Hall–Kier alpha value is -1.28. The minimum atomic E-state index is -0.0629. The van der Waals surface area contributed by atoms with E-state index < -0.39 is 0 Å². The van der Waals surface area contributed by atoms with Crippen molar-refractivity contribution in [3.63, 3.8) is 0 Å². The average Bonchev–Trinajstić information content (AvgIpc) is 3.17. The first-order valence-corrected chi connectivity index (χ1v) is 9.38. The Morgan fingerprint density at radius 3 is 2.86 bits per heavy atom. The molecule has 1 aromatic rings. The molecule has 2 heterocycles. The summed E-state index contributed by atoms with van der Waals surface area (Å²) in [7, 11) is 1.76. The number of hydrogen-bond acceptors (Lipinski definition) is 5. The summed E-state index contributed by atoms with van der Waals surface area (Å²) in [5.41, 5.74) is 2.47. The van der Waals surface area contributed by atoms with Crippen LogP contribution >= 0.6 is 23.1 Å². The van der Waals surface area contributed by atoms with E-state index in [1.165, 1.54) is 29.9 Å². The lowest BCUT2D eigenvalue weighted by Gasteiger charge is -2.14. The molecule has 1 fully saturated rings. The minimum Gasteiger partial charge on any atom is -0.355 e. The molecule has 0 bridgehead atoms. The number of carbonyl (C=O) groups is 1. The summed E-state index contributed by atoms with van der Waals surface area (Å²) >= 11 is 3.39. The lowest BCUT2D eigenvalue weighted by atomic mass is 10.2. The third-order valence-corrected chi connectivity index (χ3v) is 5.73. The summed E-state index contributed by atoms with van der Waals surface area (Å²) in [5, 5.41) is 10.1. The summed E-state index contributed by atoms with van der Waals surface area (Å²) in [6, 6.07) is 0. The van der Waals surface area contributed by atoms with Crippen molar-refractivity contribution in [3.05, 3.63) is 16.1 Å². The molecule has 0 aromatic carbocycles. The molecule has 8 heteroatoms. The van der Waals surface area contributed by atoms with Crippen LogP contribution in [0.25, 0.3) is 0 Å². The Balaban J connectivity index is 1.62. The number of thiazole rings is 1. The monoisotopic (exact) mass is 341 g/mol. The Labute approximate surface area is 139 Å². The van der Waals surface area contributed by atoms with Crippen LogP contribution in [0.1, 0.15) is 28.2 Å². The van der Waals surface area contributed by atoms with Gasteiger partial charge in [-0.05, 0) is 25.5 Å². The van der Waals surface area contributed by atoms with Crippen molar-refractivity contribution in [2.75, 3.05) is 32.4 Å². The van der Waals surface area contributed by atoms with Gasteiger partial charge in [-0.3, -0.25) is 9.79 Å². The van der Waals surface area contributed by atoms with Crippen LogP contribution in [0.4, 0.5) is 0 Å². The number of aliphatic imine (C=N–C) groups is 1. The highest BCUT2D eigenvalue weighted by molar-refractivity contribution is 8.00. The van der Waals surface area contributed by atoms with Crippen LogP contribution in [0.15, 0.2) is 10.5 Å². The molecule has 0 spiro atoms. The second-order valence-electron chi connectivity index (χ2n) is 5.04. The lowest BCUT2D eigenvalue weighted by molar-refractivity contribution is 0.0957. The molecule has 1 amide bonds. The molecule has 1 aliphatic rings. The smallest absolute Gasteiger partial charge is 0.263 e. The number of guanidine groups is 1. The zero-order valence-electron chi connectivity index (χ0n) is 13.0. The normalized spacial score (nSPS) is 18.3. The maximum atomic E-state index is 11.9. The van der Waals surface area contributed by atoms with E-state index in [1.54, 1.807) is 12.6 Å². The average molecular weight is 342 g/mol. The molecule has 1 unspecified atom stereocenters. The van der Waals surface area contributed by atoms with E-state index in [9.17, 15) is 4.79 Å². The third kappa shape index (κ3) is 5.17. The van der Waals surface area contributed by atoms with Gasteiger partial charge in [-0.15, -0.1) is 11.3 Å². The molecule has 0 radical (unpaired) electrons. The number of aryl methyl sites for hydroxylation is 1. The quantitative estimate of drug-likeness (QED) is 0.412. The zero-order valence-corrected chi connectivity index (χ0v) is 14.6. The largest absolute Gasteiger partial charge is 0.355 e. The molecule has 2 rings (SSSR count). The van der Waals surface area contributed by atoms with Crippen LogP contribution in [0, 0.1) is 6.92 Å². The van der Waals surface area contributed by atoms with Gasteiger partial charge in [0.2, 0.25) is 0 Å². The number of nitrogens with one attached hydrogen (secondary N) is 3. The predicted molar refractivity (Wildman–Crippen MR) is 94.0 cm³/mol. The molecule has 1 saturated heterocycles. The fourth-order valence-corrected chi connectivity index (χ4v) is 4.11. The molecule has 0 aliphatic carbocycles. The summed E-state index contributed by atoms with van der Waals surface area (Å²) in [4.78, 5) is 20.9. The van der Waals surface area contributed by atoms with E-state index in [2.05, 4.69) is 25.9 Å². The number of aromatic nitrogens is 1. The third-order valence-electron chi connectivity index (χ3n) is 3.40. The number of amides is 1. The summed E-state index contributed by atoms with van der Waals surface area (Å²) in [5.74, 6) is 1.99. The molecular weight excluding hydrogens is 318 g/mol. The SMILES string of the molecule is CN=C(NCCNC(=O)c1scnc1C)NCC1CCCS1. The maximum absolute atomic E-state index is 11.9. The van der Waals surface area contributed by atoms with E-state index in [4.69, 9.17) is 0 Å². The summed E-state index contributed by atoms with van der Waals surface area (Å²) in [6.45, 7) is 3.98. The van der Waals surface area contributed by atoms with Gasteiger partial charge >= 0.3 is 0 Å². The molecule has 1 atom stereocenters. The maximum Gasteiger partial charge on any atom is 0.263 e. The Bertz CT molecular complexity index is 511. The summed E-state index contributed by atoms with van der Waals surface area (Å²) in [6.07, 6.45) is 2.59. The second-order valence-corrected chi connectivity index (χ2v) is 7.30. The van der Waals surface area contributed by atoms with Crippen molar-refractivity contribution >= 4 is 35.0 Å². The van der Waals surface area contributed by atoms with Crippen molar-refractivity contribution < 1.29 is 4.79 Å². The van der Waals surface area contributed by atoms with E-state index in [-0.39, 0.29) is 5.91 Å². The molecule has 1 aromatic heterocycles. The van der Waals surface area contributed by atoms with Gasteiger partial charge in [-0.25, -0.2) is 4.98 Å². The van der Waals surface area contributed by atoms with Crippen LogP contribution in [0.5, 0.6) is 0 Å². The Morgan fingerprint density at radius 2 is 2.23 bits per heavy atom. The first-order valence-electron chi connectivity index (χ1n) is 7.45. The van der Waals surface area contributed by atoms with E-state index in [0.717, 1.165) is 18.2 Å². The van der Waals surface area contributed by atoms with E-state index in [1.807, 2.05) is 18.7 Å². The number of carbonyl (C=O) groups excluding carboxylic acids is 1. The second kappa shape index (κ2) is 8.99. The zero-order chi connectivity index (χ0) is 15.8. The van der Waals surface area contributed by atoms with Gasteiger partial charge < -0.3 is 16.0 Å². The van der Waals surface area contributed by atoms with Gasteiger partial charge in [0.1, 0.15) is 4.88 Å². The first-order chi connectivity index (χ1) is 10.7. The van der Waals surface area contributed by atoms with Crippen LogP contribution in [0.2, 0.25) is 0 Å². The van der Waals surface area contributed by atoms with Crippen LogP contribution in [-0.2, 0) is 0 Å². The van der Waals surface area contributed by atoms with Crippen LogP contribution < -0.4 is 16.0 Å². The van der Waals surface area contributed by atoms with Crippen molar-refractivity contribution in [1.29, 1.82) is 0 Å². The highest BCUT2D eigenvalue weighted by Crippen LogP contribution is 2.25. The van der Waals surface area contributed by atoms with Crippen molar-refractivity contribution in [1.82, 2.24) is 20.9 Å². The molecule has 22 heavy (non-hydrogen) atoms. The molecule has 6 nitrogen and oxygen atoms in total. The number of nitrogens with zero attached hydrogens (tertiary/aromatic N) is 2. The molecule has 0 saturated carbocycles. The molecule has 3 N–H and O–H groups in total. The Kier molecular flexibility index (Phi) is 6.98. The van der Waals surface area contributed by atoms with Crippen molar-refractivity contribution in [3.8, 4) is 0 Å². The van der Waals surface area contributed by atoms with Gasteiger partial charge in [-0.1, -0.05) is 0 Å². The highest BCUT2D eigenvalue weighted by atomic mass is 32.2. The van der Waals surface area contributed by atoms with E-state index in [0.29, 0.717) is 23.2 Å². The van der Waals surface area contributed by atoms with Gasteiger partial charge in [0, 0.05) is 31.9 Å². The molecular formula is C14H23N5OS2. The highest BCUT2D eigenvalue weighted by Gasteiger charge is 2.15. The van der Waals surface area contributed by atoms with E-state index >= 15 is 0 Å². The Morgan fingerprint density at radius 1 is 1.41 bits per heavy atom. The standard InChI is InChI=1S/C14H23N5OS2/c1-10-12(22-9-19-10)13(20)16-5-6-17-14(15-2)18-8-11-4-3-7-21-11/h9,11H,3-8H2,1-2H3,(H,16,20)(H2,15,17,18). The molecule has 1 aliphatic heterocycles. The van der Waals surface area contributed by atoms with Crippen molar-refractivity contribution in [2.45, 2.75) is 25.0 Å². The van der Waals surface area contributed by atoms with Crippen molar-refractivity contribution in [2.24, 2.45) is 4.99 Å². The van der Waals surface area contributed by atoms with Crippen LogP contribution in [-0.4, -0.2) is 54.5 Å². The van der Waals surface area contributed by atoms with Gasteiger partial charge in [0.25, 0.3) is 5.91 Å². The first kappa shape index (κ1) is 17.1. The molecule has 122 valence electrons. The summed E-state index contributed by atoms with van der Waals surface area (Å²) < 4.78 is 0. The van der Waals surface area contributed by atoms with Gasteiger partial charge in [0.05, 0.1) is 11.2 Å². The topological polar surface area (TPSA) is 78.4 Å². The predicted octanol–water partition coefficient (Wildman–Crippen LogP) is 1.24.